The second kappa shape index (κ2) is 10.0. The maximum absolute atomic E-state index is 13.2. The highest BCUT2D eigenvalue weighted by atomic mass is 16.2. The number of likely N-dealkylation sites (N-methyl/N-ethyl adjacent to an activating group) is 1. The van der Waals surface area contributed by atoms with Gasteiger partial charge in [-0.15, -0.1) is 0 Å². The van der Waals surface area contributed by atoms with Crippen LogP contribution in [0, 0.1) is 0 Å². The number of carbonyl (C=O) groups is 2. The van der Waals surface area contributed by atoms with E-state index in [1.807, 2.05) is 54.6 Å². The van der Waals surface area contributed by atoms with Crippen molar-refractivity contribution >= 4 is 34.9 Å². The van der Waals surface area contributed by atoms with Crippen LogP contribution in [0.2, 0.25) is 0 Å². The van der Waals surface area contributed by atoms with Crippen LogP contribution >= 0.6 is 0 Å². The standard InChI is InChI=1S/C26H31N5O2/c1-4-29(5-2)16-17-31-23-13-9-8-12-22(23)27-26(31)28-25(33)18-24-21-11-7-6-10-20(21)14-15-30(24)19(3)32/h6-15,24H,4-5,16-18H2,1-3H3,(H,27,28,33). The van der Waals surface area contributed by atoms with Gasteiger partial charge in [0.2, 0.25) is 17.8 Å². The van der Waals surface area contributed by atoms with Gasteiger partial charge in [-0.1, -0.05) is 50.2 Å². The Kier molecular flexibility index (Phi) is 6.89. The molecule has 1 aliphatic heterocycles. The van der Waals surface area contributed by atoms with Gasteiger partial charge in [0.05, 0.1) is 23.5 Å². The molecule has 1 atom stereocenters. The molecule has 2 amide bonds. The number of benzene rings is 2. The summed E-state index contributed by atoms with van der Waals surface area (Å²) < 4.78 is 2.07. The van der Waals surface area contributed by atoms with E-state index < -0.39 is 0 Å². The molecular weight excluding hydrogens is 414 g/mol. The third-order valence-electron chi connectivity index (χ3n) is 6.29. The van der Waals surface area contributed by atoms with E-state index in [-0.39, 0.29) is 24.3 Å². The van der Waals surface area contributed by atoms with Crippen LogP contribution < -0.4 is 5.32 Å². The van der Waals surface area contributed by atoms with Gasteiger partial charge >= 0.3 is 0 Å². The molecule has 0 radical (unpaired) electrons. The number of rotatable bonds is 8. The fraction of sp³-hybridized carbons (Fsp3) is 0.346. The summed E-state index contributed by atoms with van der Waals surface area (Å²) in [6, 6.07) is 15.4. The summed E-state index contributed by atoms with van der Waals surface area (Å²) in [6.07, 6.45) is 3.83. The third kappa shape index (κ3) is 4.83. The van der Waals surface area contributed by atoms with Crippen LogP contribution in [0.15, 0.2) is 54.7 Å². The molecule has 33 heavy (non-hydrogen) atoms. The number of amides is 2. The molecule has 0 fully saturated rings. The second-order valence-corrected chi connectivity index (χ2v) is 8.24. The summed E-state index contributed by atoms with van der Waals surface area (Å²) in [4.78, 5) is 34.1. The first-order valence-electron chi connectivity index (χ1n) is 11.5. The highest BCUT2D eigenvalue weighted by molar-refractivity contribution is 5.92. The van der Waals surface area contributed by atoms with Crippen molar-refractivity contribution in [1.29, 1.82) is 0 Å². The lowest BCUT2D eigenvalue weighted by Gasteiger charge is -2.32. The van der Waals surface area contributed by atoms with Crippen molar-refractivity contribution < 1.29 is 9.59 Å². The van der Waals surface area contributed by atoms with Gasteiger partial charge in [0, 0.05) is 26.2 Å². The first-order valence-corrected chi connectivity index (χ1v) is 11.5. The lowest BCUT2D eigenvalue weighted by molar-refractivity contribution is -0.129. The number of hydrogen-bond donors (Lipinski definition) is 1. The van der Waals surface area contributed by atoms with Crippen molar-refractivity contribution in [3.05, 3.63) is 65.9 Å². The molecule has 4 rings (SSSR count). The fourth-order valence-electron chi connectivity index (χ4n) is 4.44. The molecule has 7 heteroatoms. The van der Waals surface area contributed by atoms with E-state index in [2.05, 4.69) is 28.6 Å². The number of carbonyl (C=O) groups excluding carboxylic acids is 2. The summed E-state index contributed by atoms with van der Waals surface area (Å²) in [6.45, 7) is 9.36. The topological polar surface area (TPSA) is 70.5 Å². The Bertz CT molecular complexity index is 1180. The van der Waals surface area contributed by atoms with Crippen LogP contribution in [-0.4, -0.2) is 50.8 Å². The van der Waals surface area contributed by atoms with E-state index in [0.29, 0.717) is 5.95 Å². The minimum atomic E-state index is -0.350. The highest BCUT2D eigenvalue weighted by Crippen LogP contribution is 2.33. The minimum absolute atomic E-state index is 0.0926. The Morgan fingerprint density at radius 3 is 2.55 bits per heavy atom. The van der Waals surface area contributed by atoms with E-state index in [4.69, 9.17) is 4.98 Å². The normalized spacial score (nSPS) is 15.2. The molecule has 1 aliphatic rings. The van der Waals surface area contributed by atoms with Gasteiger partial charge < -0.3 is 14.4 Å². The van der Waals surface area contributed by atoms with Crippen molar-refractivity contribution in [3.63, 3.8) is 0 Å². The molecule has 1 N–H and O–H groups in total. The molecule has 2 aromatic carbocycles. The maximum atomic E-state index is 13.2. The van der Waals surface area contributed by atoms with Crippen LogP contribution in [-0.2, 0) is 16.1 Å². The fourth-order valence-corrected chi connectivity index (χ4v) is 4.44. The molecule has 0 saturated heterocycles. The molecule has 0 aliphatic carbocycles. The smallest absolute Gasteiger partial charge is 0.229 e. The summed E-state index contributed by atoms with van der Waals surface area (Å²) in [5, 5.41) is 3.03. The Morgan fingerprint density at radius 1 is 1.06 bits per heavy atom. The number of nitrogens with one attached hydrogen (secondary N) is 1. The van der Waals surface area contributed by atoms with Crippen LogP contribution in [0.25, 0.3) is 17.1 Å². The van der Waals surface area contributed by atoms with Gasteiger partial charge in [0.25, 0.3) is 0 Å². The number of nitrogens with zero attached hydrogens (tertiary/aromatic N) is 4. The molecule has 0 bridgehead atoms. The Balaban J connectivity index is 1.58. The molecule has 172 valence electrons. The van der Waals surface area contributed by atoms with Gasteiger partial charge in [-0.3, -0.25) is 14.9 Å². The average molecular weight is 446 g/mol. The number of fused-ring (bicyclic) bond motifs is 2. The van der Waals surface area contributed by atoms with Crippen molar-refractivity contribution in [3.8, 4) is 0 Å². The first kappa shape index (κ1) is 22.7. The lowest BCUT2D eigenvalue weighted by Crippen LogP contribution is -2.33. The van der Waals surface area contributed by atoms with E-state index in [1.165, 1.54) is 6.92 Å². The van der Waals surface area contributed by atoms with E-state index in [0.717, 1.165) is 48.3 Å². The Labute approximate surface area is 194 Å². The summed E-state index contributed by atoms with van der Waals surface area (Å²) in [5.41, 5.74) is 3.85. The summed E-state index contributed by atoms with van der Waals surface area (Å²) in [7, 11) is 0. The van der Waals surface area contributed by atoms with Crippen molar-refractivity contribution in [2.24, 2.45) is 0 Å². The minimum Gasteiger partial charge on any atom is -0.311 e. The predicted molar refractivity (Wildman–Crippen MR) is 132 cm³/mol. The molecule has 3 aromatic rings. The molecule has 0 spiro atoms. The number of aromatic nitrogens is 2. The highest BCUT2D eigenvalue weighted by Gasteiger charge is 2.28. The molecule has 1 unspecified atom stereocenters. The first-order chi connectivity index (χ1) is 16.0. The number of hydrogen-bond acceptors (Lipinski definition) is 4. The van der Waals surface area contributed by atoms with Crippen LogP contribution in [0.3, 0.4) is 0 Å². The zero-order valence-electron chi connectivity index (χ0n) is 19.5. The van der Waals surface area contributed by atoms with E-state index in [9.17, 15) is 9.59 Å². The van der Waals surface area contributed by atoms with Crippen LogP contribution in [0.4, 0.5) is 5.95 Å². The number of imidazole rings is 1. The SMILES string of the molecule is CCN(CC)CCn1c(NC(=O)CC2c3ccccc3C=CN2C(C)=O)nc2ccccc21. The van der Waals surface area contributed by atoms with Crippen LogP contribution in [0.5, 0.6) is 0 Å². The van der Waals surface area contributed by atoms with Crippen molar-refractivity contribution in [1.82, 2.24) is 19.4 Å². The van der Waals surface area contributed by atoms with E-state index in [1.54, 1.807) is 11.1 Å². The third-order valence-corrected chi connectivity index (χ3v) is 6.29. The largest absolute Gasteiger partial charge is 0.311 e. The molecule has 1 aromatic heterocycles. The Hall–Kier alpha value is -3.45. The van der Waals surface area contributed by atoms with Gasteiger partial charge in [-0.05, 0) is 42.4 Å². The number of para-hydroxylation sites is 2. The molecule has 2 heterocycles. The number of anilines is 1. The Morgan fingerprint density at radius 2 is 1.79 bits per heavy atom. The zero-order chi connectivity index (χ0) is 23.4. The lowest BCUT2D eigenvalue weighted by atomic mass is 9.93. The molecule has 7 nitrogen and oxygen atoms in total. The van der Waals surface area contributed by atoms with E-state index >= 15 is 0 Å². The second-order valence-electron chi connectivity index (χ2n) is 8.24. The quantitative estimate of drug-likeness (QED) is 0.562. The molecule has 0 saturated carbocycles. The van der Waals surface area contributed by atoms with Crippen LogP contribution in [0.1, 0.15) is 44.4 Å². The molecular formula is C26H31N5O2. The van der Waals surface area contributed by atoms with Gasteiger partial charge in [-0.2, -0.15) is 0 Å². The van der Waals surface area contributed by atoms with Gasteiger partial charge in [0.15, 0.2) is 0 Å². The van der Waals surface area contributed by atoms with Crippen molar-refractivity contribution in [2.75, 3.05) is 25.0 Å². The predicted octanol–water partition coefficient (Wildman–Crippen LogP) is 4.28. The van der Waals surface area contributed by atoms with Crippen molar-refractivity contribution in [2.45, 2.75) is 39.8 Å². The monoisotopic (exact) mass is 445 g/mol. The summed E-state index contributed by atoms with van der Waals surface area (Å²) >= 11 is 0. The summed E-state index contributed by atoms with van der Waals surface area (Å²) in [5.74, 6) is 0.281. The maximum Gasteiger partial charge on any atom is 0.229 e. The average Bonchev–Trinajstić information content (AvgIpc) is 3.16. The van der Waals surface area contributed by atoms with Gasteiger partial charge in [0.1, 0.15) is 0 Å². The zero-order valence-corrected chi connectivity index (χ0v) is 19.5. The van der Waals surface area contributed by atoms with Gasteiger partial charge in [-0.25, -0.2) is 4.98 Å².